The average Bonchev–Trinajstić information content (AvgIpc) is 2.59. The second kappa shape index (κ2) is 4.04. The van der Waals surface area contributed by atoms with Crippen LogP contribution in [0.25, 0.3) is 0 Å². The Kier molecular flexibility index (Phi) is 2.75. The smallest absolute Gasteiger partial charge is 0.131 e. The van der Waals surface area contributed by atoms with Gasteiger partial charge in [0.05, 0.1) is 12.2 Å². The number of hydrogen-bond donors (Lipinski definition) is 3. The average molecular weight is 209 g/mol. The molecule has 1 fully saturated rings. The maximum atomic E-state index is 9.42. The minimum atomic E-state index is -0.676. The molecule has 82 valence electrons. The van der Waals surface area contributed by atoms with Gasteiger partial charge in [-0.1, -0.05) is 6.07 Å². The molecule has 0 radical (unpaired) electrons. The van der Waals surface area contributed by atoms with Crippen molar-refractivity contribution in [3.63, 3.8) is 0 Å². The molecule has 1 aromatic heterocycles. The molecule has 5 nitrogen and oxygen atoms in total. The van der Waals surface area contributed by atoms with Crippen molar-refractivity contribution in [2.24, 2.45) is 0 Å². The Morgan fingerprint density at radius 2 is 2.00 bits per heavy atom. The minimum Gasteiger partial charge on any atom is -0.389 e. The van der Waals surface area contributed by atoms with Crippen molar-refractivity contribution in [2.45, 2.75) is 12.2 Å². The van der Waals surface area contributed by atoms with Gasteiger partial charge in [-0.15, -0.1) is 0 Å². The van der Waals surface area contributed by atoms with Gasteiger partial charge in [-0.25, -0.2) is 4.98 Å². The molecule has 2 unspecified atom stereocenters. The van der Waals surface area contributed by atoms with Crippen LogP contribution >= 0.6 is 0 Å². The van der Waals surface area contributed by atoms with E-state index in [1.54, 1.807) is 7.05 Å². The lowest BCUT2D eigenvalue weighted by molar-refractivity contribution is 0.0572. The van der Waals surface area contributed by atoms with E-state index in [9.17, 15) is 10.2 Å². The summed E-state index contributed by atoms with van der Waals surface area (Å²) in [6.07, 6.45) is -1.35. The molecule has 15 heavy (non-hydrogen) atoms. The summed E-state index contributed by atoms with van der Waals surface area (Å²) in [5.41, 5.74) is 0. The number of aromatic nitrogens is 1. The summed E-state index contributed by atoms with van der Waals surface area (Å²) in [5, 5.41) is 21.8. The van der Waals surface area contributed by atoms with E-state index in [4.69, 9.17) is 0 Å². The molecule has 0 saturated carbocycles. The first-order valence-electron chi connectivity index (χ1n) is 4.96. The highest BCUT2D eigenvalue weighted by Gasteiger charge is 2.30. The molecule has 5 heteroatoms. The first kappa shape index (κ1) is 10.2. The molecule has 0 aromatic carbocycles. The van der Waals surface area contributed by atoms with Crippen LogP contribution in [0.4, 0.5) is 11.6 Å². The Balaban J connectivity index is 2.16. The van der Waals surface area contributed by atoms with Gasteiger partial charge in [0.15, 0.2) is 0 Å². The van der Waals surface area contributed by atoms with E-state index in [1.807, 2.05) is 23.1 Å². The number of anilines is 2. The normalized spacial score (nSPS) is 25.7. The molecule has 1 aliphatic heterocycles. The molecule has 0 amide bonds. The minimum absolute atomic E-state index is 0.432. The predicted octanol–water partition coefficient (Wildman–Crippen LogP) is -0.335. The number of pyridine rings is 1. The van der Waals surface area contributed by atoms with E-state index < -0.39 is 12.2 Å². The van der Waals surface area contributed by atoms with E-state index in [1.165, 1.54) is 0 Å². The number of aliphatic hydroxyl groups is 2. The quantitative estimate of drug-likeness (QED) is 0.622. The third-order valence-corrected chi connectivity index (χ3v) is 2.57. The van der Waals surface area contributed by atoms with Gasteiger partial charge in [0.1, 0.15) is 11.6 Å². The molecule has 1 saturated heterocycles. The van der Waals surface area contributed by atoms with Crippen molar-refractivity contribution in [3.8, 4) is 0 Å². The van der Waals surface area contributed by atoms with Crippen LogP contribution in [0.3, 0.4) is 0 Å². The summed E-state index contributed by atoms with van der Waals surface area (Å²) in [4.78, 5) is 6.21. The van der Waals surface area contributed by atoms with Crippen molar-refractivity contribution in [1.82, 2.24) is 4.98 Å². The standard InChI is InChI=1S/C10H15N3O2/c1-11-9-3-2-4-10(12-9)13-5-7(14)8(15)6-13/h2-4,7-8,14-15H,5-6H2,1H3,(H,11,12). The number of aliphatic hydroxyl groups excluding tert-OH is 2. The largest absolute Gasteiger partial charge is 0.389 e. The molecular weight excluding hydrogens is 194 g/mol. The zero-order chi connectivity index (χ0) is 10.8. The van der Waals surface area contributed by atoms with E-state index in [-0.39, 0.29) is 0 Å². The Bertz CT molecular complexity index is 335. The number of nitrogens with one attached hydrogen (secondary N) is 1. The second-order valence-electron chi connectivity index (χ2n) is 3.67. The molecule has 0 spiro atoms. The van der Waals surface area contributed by atoms with Gasteiger partial charge in [0.2, 0.25) is 0 Å². The van der Waals surface area contributed by atoms with E-state index in [2.05, 4.69) is 10.3 Å². The highest BCUT2D eigenvalue weighted by Crippen LogP contribution is 2.19. The third-order valence-electron chi connectivity index (χ3n) is 2.57. The molecule has 0 bridgehead atoms. The summed E-state index contributed by atoms with van der Waals surface area (Å²) in [6.45, 7) is 0.864. The molecule has 2 atom stereocenters. The molecule has 2 rings (SSSR count). The SMILES string of the molecule is CNc1cccc(N2CC(O)C(O)C2)n1. The number of β-amino-alcohol motifs (C(OH)–C–C–N with tert-alkyl or cyclic N) is 2. The second-order valence-corrected chi connectivity index (χ2v) is 3.67. The van der Waals surface area contributed by atoms with Gasteiger partial charge in [-0.3, -0.25) is 0 Å². The van der Waals surface area contributed by atoms with Crippen LogP contribution in [0.1, 0.15) is 0 Å². The van der Waals surface area contributed by atoms with E-state index >= 15 is 0 Å². The van der Waals surface area contributed by atoms with Crippen molar-refractivity contribution in [1.29, 1.82) is 0 Å². The van der Waals surface area contributed by atoms with Crippen LogP contribution in [0.2, 0.25) is 0 Å². The molecule has 2 heterocycles. The first-order chi connectivity index (χ1) is 7.20. The maximum Gasteiger partial charge on any atom is 0.131 e. The van der Waals surface area contributed by atoms with Crippen LogP contribution < -0.4 is 10.2 Å². The highest BCUT2D eigenvalue weighted by molar-refractivity contribution is 5.47. The Labute approximate surface area is 88.4 Å². The number of hydrogen-bond acceptors (Lipinski definition) is 5. The van der Waals surface area contributed by atoms with E-state index in [0.717, 1.165) is 11.6 Å². The van der Waals surface area contributed by atoms with Crippen LogP contribution in [0, 0.1) is 0 Å². The van der Waals surface area contributed by atoms with E-state index in [0.29, 0.717) is 13.1 Å². The van der Waals surface area contributed by atoms with Crippen LogP contribution in [0.5, 0.6) is 0 Å². The van der Waals surface area contributed by atoms with Crippen molar-refractivity contribution >= 4 is 11.6 Å². The lowest BCUT2D eigenvalue weighted by Crippen LogP contribution is -2.22. The zero-order valence-corrected chi connectivity index (χ0v) is 8.59. The number of rotatable bonds is 2. The third kappa shape index (κ3) is 2.03. The van der Waals surface area contributed by atoms with Crippen molar-refractivity contribution in [2.75, 3.05) is 30.4 Å². The molecule has 0 aliphatic carbocycles. The first-order valence-corrected chi connectivity index (χ1v) is 4.96. The molecule has 1 aromatic rings. The summed E-state index contributed by atoms with van der Waals surface area (Å²) >= 11 is 0. The lowest BCUT2D eigenvalue weighted by Gasteiger charge is -2.16. The van der Waals surface area contributed by atoms with Gasteiger partial charge in [0, 0.05) is 20.1 Å². The maximum absolute atomic E-state index is 9.42. The Morgan fingerprint density at radius 3 is 2.60 bits per heavy atom. The molecule has 3 N–H and O–H groups in total. The fraction of sp³-hybridized carbons (Fsp3) is 0.500. The van der Waals surface area contributed by atoms with Gasteiger partial charge in [0.25, 0.3) is 0 Å². The predicted molar refractivity (Wildman–Crippen MR) is 58.0 cm³/mol. The fourth-order valence-electron chi connectivity index (χ4n) is 1.70. The van der Waals surface area contributed by atoms with Crippen molar-refractivity contribution in [3.05, 3.63) is 18.2 Å². The fourth-order valence-corrected chi connectivity index (χ4v) is 1.70. The van der Waals surface area contributed by atoms with Gasteiger partial charge < -0.3 is 20.4 Å². The molecular formula is C10H15N3O2. The van der Waals surface area contributed by atoms with Crippen LogP contribution in [-0.4, -0.2) is 47.5 Å². The Morgan fingerprint density at radius 1 is 1.33 bits per heavy atom. The lowest BCUT2D eigenvalue weighted by atomic mass is 10.3. The zero-order valence-electron chi connectivity index (χ0n) is 8.59. The van der Waals surface area contributed by atoms with Gasteiger partial charge in [-0.2, -0.15) is 0 Å². The monoisotopic (exact) mass is 209 g/mol. The summed E-state index contributed by atoms with van der Waals surface area (Å²) in [7, 11) is 1.81. The van der Waals surface area contributed by atoms with Gasteiger partial charge in [-0.05, 0) is 12.1 Å². The van der Waals surface area contributed by atoms with Crippen molar-refractivity contribution < 1.29 is 10.2 Å². The molecule has 1 aliphatic rings. The summed E-state index contributed by atoms with van der Waals surface area (Å²) in [5.74, 6) is 1.56. The summed E-state index contributed by atoms with van der Waals surface area (Å²) < 4.78 is 0. The highest BCUT2D eigenvalue weighted by atomic mass is 16.3. The van der Waals surface area contributed by atoms with Crippen LogP contribution in [-0.2, 0) is 0 Å². The topological polar surface area (TPSA) is 68.6 Å². The van der Waals surface area contributed by atoms with Crippen LogP contribution in [0.15, 0.2) is 18.2 Å². The van der Waals surface area contributed by atoms with Gasteiger partial charge >= 0.3 is 0 Å². The summed E-state index contributed by atoms with van der Waals surface area (Å²) in [6, 6.07) is 5.63. The number of nitrogens with zero attached hydrogens (tertiary/aromatic N) is 2. The Hall–Kier alpha value is -1.33.